The van der Waals surface area contributed by atoms with Gasteiger partial charge in [-0.25, -0.2) is 0 Å². The molecule has 4 N–H and O–H groups in total. The van der Waals surface area contributed by atoms with E-state index in [1.165, 1.54) is 0 Å². The zero-order chi connectivity index (χ0) is 9.84. The van der Waals surface area contributed by atoms with E-state index in [9.17, 15) is 5.11 Å². The van der Waals surface area contributed by atoms with Crippen molar-refractivity contribution in [2.75, 3.05) is 6.61 Å². The van der Waals surface area contributed by atoms with Gasteiger partial charge in [-0.15, -0.1) is 0 Å². The van der Waals surface area contributed by atoms with Crippen LogP contribution in [0.5, 0.6) is 5.75 Å². The van der Waals surface area contributed by atoms with Gasteiger partial charge in [-0.3, -0.25) is 0 Å². The smallest absolute Gasteiger partial charge is 0.120 e. The number of benzene rings is 1. The molecule has 1 aromatic carbocycles. The minimum absolute atomic E-state index is 0.120. The summed E-state index contributed by atoms with van der Waals surface area (Å²) in [5, 5.41) is 18.6. The number of aliphatic hydroxyl groups excluding tert-OH is 1. The largest absolute Gasteiger partial charge is 0.508 e. The molecule has 1 atom stereocenters. The second-order valence-electron chi connectivity index (χ2n) is 2.88. The number of rotatable bonds is 3. The molecule has 0 aliphatic rings. The molecule has 0 bridgehead atoms. The normalized spacial score (nSPS) is 12.8. The van der Waals surface area contributed by atoms with Gasteiger partial charge in [0.25, 0.3) is 0 Å². The van der Waals surface area contributed by atoms with Crippen LogP contribution in [-0.2, 0) is 6.42 Å². The monoisotopic (exact) mass is 201 g/mol. The lowest BCUT2D eigenvalue weighted by molar-refractivity contribution is 0.264. The predicted molar refractivity (Wildman–Crippen MR) is 51.9 cm³/mol. The number of aromatic hydroxyl groups is 1. The maximum atomic E-state index is 9.41. The Morgan fingerprint density at radius 1 is 1.46 bits per heavy atom. The van der Waals surface area contributed by atoms with Crippen molar-refractivity contribution in [2.45, 2.75) is 12.5 Å². The summed E-state index contributed by atoms with van der Waals surface area (Å²) in [6.07, 6.45) is 0.377. The molecular formula is C9H12ClNO2. The molecule has 0 radical (unpaired) electrons. The van der Waals surface area contributed by atoms with Gasteiger partial charge >= 0.3 is 0 Å². The zero-order valence-electron chi connectivity index (χ0n) is 7.07. The fourth-order valence-corrected chi connectivity index (χ4v) is 1.32. The van der Waals surface area contributed by atoms with Crippen LogP contribution in [0, 0.1) is 0 Å². The number of hydrogen-bond acceptors (Lipinski definition) is 3. The van der Waals surface area contributed by atoms with Gasteiger partial charge in [0.2, 0.25) is 0 Å². The van der Waals surface area contributed by atoms with Gasteiger partial charge in [0.1, 0.15) is 5.75 Å². The molecule has 0 saturated carbocycles. The van der Waals surface area contributed by atoms with Gasteiger partial charge in [0.05, 0.1) is 6.61 Å². The van der Waals surface area contributed by atoms with Gasteiger partial charge in [-0.1, -0.05) is 17.7 Å². The molecule has 1 unspecified atom stereocenters. The molecule has 0 aliphatic carbocycles. The number of phenols is 1. The van der Waals surface area contributed by atoms with E-state index < -0.39 is 0 Å². The second-order valence-corrected chi connectivity index (χ2v) is 3.29. The third-order valence-corrected chi connectivity index (χ3v) is 2.15. The third-order valence-electron chi connectivity index (χ3n) is 1.79. The van der Waals surface area contributed by atoms with E-state index in [-0.39, 0.29) is 18.4 Å². The maximum absolute atomic E-state index is 9.41. The highest BCUT2D eigenvalue weighted by molar-refractivity contribution is 6.31. The molecule has 0 amide bonds. The fourth-order valence-electron chi connectivity index (χ4n) is 1.08. The van der Waals surface area contributed by atoms with E-state index in [0.717, 1.165) is 0 Å². The van der Waals surface area contributed by atoms with Crippen molar-refractivity contribution in [1.82, 2.24) is 0 Å². The Morgan fingerprint density at radius 3 is 2.69 bits per heavy atom. The number of nitrogens with two attached hydrogens (primary N) is 1. The highest BCUT2D eigenvalue weighted by Gasteiger charge is 2.09. The first-order valence-electron chi connectivity index (χ1n) is 3.98. The zero-order valence-corrected chi connectivity index (χ0v) is 7.83. The fraction of sp³-hybridized carbons (Fsp3) is 0.333. The summed E-state index contributed by atoms with van der Waals surface area (Å²) in [5.74, 6) is 0.122. The van der Waals surface area contributed by atoms with Crippen molar-refractivity contribution in [3.05, 3.63) is 28.8 Å². The van der Waals surface area contributed by atoms with E-state index in [2.05, 4.69) is 0 Å². The maximum Gasteiger partial charge on any atom is 0.120 e. The number of halogens is 1. The van der Waals surface area contributed by atoms with Crippen LogP contribution in [-0.4, -0.2) is 22.9 Å². The minimum atomic E-state index is -0.384. The van der Waals surface area contributed by atoms with Crippen LogP contribution in [0.25, 0.3) is 0 Å². The SMILES string of the molecule is NC(CO)Cc1c(O)cccc1Cl. The molecule has 0 fully saturated rings. The Labute approximate surface area is 81.8 Å². The van der Waals surface area contributed by atoms with E-state index in [0.29, 0.717) is 17.0 Å². The van der Waals surface area contributed by atoms with Gasteiger partial charge < -0.3 is 15.9 Å². The topological polar surface area (TPSA) is 66.5 Å². The van der Waals surface area contributed by atoms with Gasteiger partial charge in [0.15, 0.2) is 0 Å². The number of aliphatic hydroxyl groups is 1. The first kappa shape index (κ1) is 10.3. The summed E-state index contributed by atoms with van der Waals surface area (Å²) in [4.78, 5) is 0. The van der Waals surface area contributed by atoms with E-state index in [1.807, 2.05) is 0 Å². The van der Waals surface area contributed by atoms with E-state index >= 15 is 0 Å². The average Bonchev–Trinajstić information content (AvgIpc) is 2.11. The third kappa shape index (κ3) is 2.59. The highest BCUT2D eigenvalue weighted by Crippen LogP contribution is 2.25. The molecule has 0 aromatic heterocycles. The van der Waals surface area contributed by atoms with Crippen LogP contribution >= 0.6 is 11.6 Å². The van der Waals surface area contributed by atoms with Crippen LogP contribution in [0.3, 0.4) is 0 Å². The Balaban J connectivity index is 2.87. The molecule has 72 valence electrons. The lowest BCUT2D eigenvalue weighted by Crippen LogP contribution is -2.26. The lowest BCUT2D eigenvalue weighted by Gasteiger charge is -2.10. The van der Waals surface area contributed by atoms with E-state index in [1.54, 1.807) is 18.2 Å². The average molecular weight is 202 g/mol. The van der Waals surface area contributed by atoms with Crippen LogP contribution in [0.4, 0.5) is 0 Å². The summed E-state index contributed by atoms with van der Waals surface area (Å²) < 4.78 is 0. The molecule has 0 saturated heterocycles. The van der Waals surface area contributed by atoms with Crippen LogP contribution in [0.15, 0.2) is 18.2 Å². The first-order chi connectivity index (χ1) is 6.15. The van der Waals surface area contributed by atoms with E-state index in [4.69, 9.17) is 22.4 Å². The Hall–Kier alpha value is -0.770. The summed E-state index contributed by atoms with van der Waals surface area (Å²) in [7, 11) is 0. The van der Waals surface area contributed by atoms with Crippen molar-refractivity contribution >= 4 is 11.6 Å². The Kier molecular flexibility index (Phi) is 3.54. The standard InChI is InChI=1S/C9H12ClNO2/c10-8-2-1-3-9(13)7(8)4-6(11)5-12/h1-3,6,12-13H,4-5,11H2. The number of hydrogen-bond donors (Lipinski definition) is 3. The minimum Gasteiger partial charge on any atom is -0.508 e. The van der Waals surface area contributed by atoms with Crippen molar-refractivity contribution in [3.8, 4) is 5.75 Å². The molecule has 1 aromatic rings. The van der Waals surface area contributed by atoms with Crippen molar-refractivity contribution in [1.29, 1.82) is 0 Å². The Morgan fingerprint density at radius 2 is 2.15 bits per heavy atom. The first-order valence-corrected chi connectivity index (χ1v) is 4.35. The molecule has 0 spiro atoms. The van der Waals surface area contributed by atoms with Crippen LogP contribution < -0.4 is 5.73 Å². The lowest BCUT2D eigenvalue weighted by atomic mass is 10.1. The molecule has 0 aliphatic heterocycles. The number of phenolic OH excluding ortho intramolecular Hbond substituents is 1. The van der Waals surface area contributed by atoms with Gasteiger partial charge in [0, 0.05) is 16.6 Å². The van der Waals surface area contributed by atoms with Crippen LogP contribution in [0.2, 0.25) is 5.02 Å². The molecular weight excluding hydrogens is 190 g/mol. The molecule has 3 nitrogen and oxygen atoms in total. The predicted octanol–water partition coefficient (Wildman–Crippen LogP) is 0.908. The summed E-state index contributed by atoms with van der Waals surface area (Å²) >= 11 is 5.83. The second kappa shape index (κ2) is 4.46. The van der Waals surface area contributed by atoms with Gasteiger partial charge in [-0.05, 0) is 18.6 Å². The summed E-state index contributed by atoms with van der Waals surface area (Å²) in [6, 6.07) is 4.50. The molecule has 4 heteroatoms. The highest BCUT2D eigenvalue weighted by atomic mass is 35.5. The molecule has 0 heterocycles. The summed E-state index contributed by atoms with van der Waals surface area (Å²) in [6.45, 7) is -0.120. The van der Waals surface area contributed by atoms with Crippen molar-refractivity contribution < 1.29 is 10.2 Å². The van der Waals surface area contributed by atoms with Crippen molar-refractivity contribution in [2.24, 2.45) is 5.73 Å². The molecule has 1 rings (SSSR count). The van der Waals surface area contributed by atoms with Crippen LogP contribution in [0.1, 0.15) is 5.56 Å². The van der Waals surface area contributed by atoms with Crippen molar-refractivity contribution in [3.63, 3.8) is 0 Å². The Bertz CT molecular complexity index is 271. The molecule has 13 heavy (non-hydrogen) atoms. The quantitative estimate of drug-likeness (QED) is 0.681. The van der Waals surface area contributed by atoms with Gasteiger partial charge in [-0.2, -0.15) is 0 Å². The summed E-state index contributed by atoms with van der Waals surface area (Å²) in [5.41, 5.74) is 6.11.